The van der Waals surface area contributed by atoms with E-state index in [2.05, 4.69) is 0 Å². The van der Waals surface area contributed by atoms with Gasteiger partial charge in [0.1, 0.15) is 5.75 Å². The topological polar surface area (TPSA) is 62.5 Å². The van der Waals surface area contributed by atoms with E-state index >= 15 is 0 Å². The Bertz CT molecular complexity index is 368. The maximum atomic E-state index is 10.9. The number of nitrogens with zero attached hydrogens (tertiary/aromatic N) is 1. The molecule has 0 radical (unpaired) electrons. The molecular weight excluding hydrogens is 182 g/mol. The minimum Gasteiger partial charge on any atom is -0.505 e. The Labute approximate surface area is 81.8 Å². The van der Waals surface area contributed by atoms with Gasteiger partial charge in [0.05, 0.1) is 0 Å². The molecule has 0 spiro atoms. The lowest BCUT2D eigenvalue weighted by Crippen LogP contribution is -2.09. The summed E-state index contributed by atoms with van der Waals surface area (Å²) < 4.78 is 1.73. The van der Waals surface area contributed by atoms with Crippen LogP contribution < -0.4 is 0 Å². The van der Waals surface area contributed by atoms with E-state index in [1.165, 1.54) is 0 Å². The molecule has 2 heterocycles. The van der Waals surface area contributed by atoms with Gasteiger partial charge in [0.2, 0.25) is 0 Å². The van der Waals surface area contributed by atoms with Gasteiger partial charge in [-0.05, 0) is 19.3 Å². The number of carbonyl (C=O) groups is 1. The van der Waals surface area contributed by atoms with Crippen molar-refractivity contribution in [1.29, 1.82) is 0 Å². The van der Waals surface area contributed by atoms with Crippen molar-refractivity contribution < 1.29 is 15.0 Å². The summed E-state index contributed by atoms with van der Waals surface area (Å²) in [6.07, 6.45) is 4.05. The van der Waals surface area contributed by atoms with Gasteiger partial charge in [-0.1, -0.05) is 6.42 Å². The highest BCUT2D eigenvalue weighted by molar-refractivity contribution is 5.89. The van der Waals surface area contributed by atoms with Crippen LogP contribution in [-0.4, -0.2) is 20.7 Å². The monoisotopic (exact) mass is 195 g/mol. The molecular formula is C10H13NO3. The van der Waals surface area contributed by atoms with Crippen LogP contribution in [0.3, 0.4) is 0 Å². The molecule has 1 aliphatic heterocycles. The molecule has 2 rings (SSSR count). The van der Waals surface area contributed by atoms with Crippen LogP contribution in [0.5, 0.6) is 5.75 Å². The molecule has 0 saturated heterocycles. The predicted molar refractivity (Wildman–Crippen MR) is 50.6 cm³/mol. The minimum absolute atomic E-state index is 0.0434. The van der Waals surface area contributed by atoms with E-state index in [0.717, 1.165) is 31.4 Å². The first-order valence-corrected chi connectivity index (χ1v) is 4.85. The average Bonchev–Trinajstić information content (AvgIpc) is 2.31. The van der Waals surface area contributed by atoms with Crippen LogP contribution in [0, 0.1) is 0 Å². The summed E-state index contributed by atoms with van der Waals surface area (Å²) in [4.78, 5) is 10.9. The SMILES string of the molecule is O=C(O)c1c(O)cc2n1CCCCC2. The summed E-state index contributed by atoms with van der Waals surface area (Å²) in [6, 6.07) is 1.58. The van der Waals surface area contributed by atoms with E-state index in [1.807, 2.05) is 0 Å². The first-order chi connectivity index (χ1) is 6.70. The van der Waals surface area contributed by atoms with Crippen molar-refractivity contribution in [2.75, 3.05) is 0 Å². The number of aromatic hydroxyl groups is 1. The van der Waals surface area contributed by atoms with Crippen LogP contribution in [0.25, 0.3) is 0 Å². The number of aromatic nitrogens is 1. The number of aromatic carboxylic acids is 1. The number of rotatable bonds is 1. The second-order valence-electron chi connectivity index (χ2n) is 3.64. The van der Waals surface area contributed by atoms with Gasteiger partial charge in [-0.25, -0.2) is 4.79 Å². The molecule has 0 aliphatic carbocycles. The zero-order valence-electron chi connectivity index (χ0n) is 7.86. The quantitative estimate of drug-likeness (QED) is 0.715. The van der Waals surface area contributed by atoms with E-state index in [0.29, 0.717) is 6.54 Å². The molecule has 0 atom stereocenters. The number of hydrogen-bond acceptors (Lipinski definition) is 2. The molecule has 2 N–H and O–H groups in total. The smallest absolute Gasteiger partial charge is 0.356 e. The lowest BCUT2D eigenvalue weighted by Gasteiger charge is -2.06. The summed E-state index contributed by atoms with van der Waals surface area (Å²) in [5.41, 5.74) is 0.985. The fraction of sp³-hybridized carbons (Fsp3) is 0.500. The van der Waals surface area contributed by atoms with E-state index in [9.17, 15) is 9.90 Å². The summed E-state index contributed by atoms with van der Waals surface area (Å²) in [5, 5.41) is 18.4. The van der Waals surface area contributed by atoms with Crippen LogP contribution in [-0.2, 0) is 13.0 Å². The first-order valence-electron chi connectivity index (χ1n) is 4.85. The predicted octanol–water partition coefficient (Wildman–Crippen LogP) is 1.62. The van der Waals surface area contributed by atoms with E-state index in [1.54, 1.807) is 10.6 Å². The highest BCUT2D eigenvalue weighted by Gasteiger charge is 2.21. The number of carboxylic acids is 1. The van der Waals surface area contributed by atoms with Crippen molar-refractivity contribution >= 4 is 5.97 Å². The van der Waals surface area contributed by atoms with Crippen LogP contribution in [0.2, 0.25) is 0 Å². The lowest BCUT2D eigenvalue weighted by atomic mass is 10.2. The molecule has 0 amide bonds. The second-order valence-corrected chi connectivity index (χ2v) is 3.64. The lowest BCUT2D eigenvalue weighted by molar-refractivity contribution is 0.0681. The van der Waals surface area contributed by atoms with Gasteiger partial charge in [0.25, 0.3) is 0 Å². The molecule has 0 fully saturated rings. The number of aryl methyl sites for hydroxylation is 1. The molecule has 0 unspecified atom stereocenters. The average molecular weight is 195 g/mol. The Hall–Kier alpha value is -1.45. The Kier molecular flexibility index (Phi) is 2.19. The molecule has 0 aromatic carbocycles. The Balaban J connectivity index is 2.49. The Morgan fingerprint density at radius 2 is 2.14 bits per heavy atom. The molecule has 4 nitrogen and oxygen atoms in total. The summed E-state index contributed by atoms with van der Waals surface area (Å²) in [6.45, 7) is 0.706. The fourth-order valence-electron chi connectivity index (χ4n) is 2.03. The van der Waals surface area contributed by atoms with Gasteiger partial charge in [-0.2, -0.15) is 0 Å². The molecule has 76 valence electrons. The Morgan fingerprint density at radius 1 is 1.36 bits per heavy atom. The minimum atomic E-state index is -1.05. The number of carboxylic acid groups (broad SMARTS) is 1. The van der Waals surface area contributed by atoms with Crippen molar-refractivity contribution in [2.45, 2.75) is 32.2 Å². The van der Waals surface area contributed by atoms with Crippen LogP contribution >= 0.6 is 0 Å². The Morgan fingerprint density at radius 3 is 2.86 bits per heavy atom. The van der Waals surface area contributed by atoms with E-state index in [4.69, 9.17) is 5.11 Å². The normalized spacial score (nSPS) is 16.0. The molecule has 0 bridgehead atoms. The van der Waals surface area contributed by atoms with Crippen molar-refractivity contribution in [3.8, 4) is 5.75 Å². The van der Waals surface area contributed by atoms with Crippen LogP contribution in [0.1, 0.15) is 35.4 Å². The van der Waals surface area contributed by atoms with Crippen LogP contribution in [0.15, 0.2) is 6.07 Å². The van der Waals surface area contributed by atoms with Gasteiger partial charge in [-0.3, -0.25) is 0 Å². The highest BCUT2D eigenvalue weighted by Crippen LogP contribution is 2.26. The first kappa shape index (κ1) is 9.12. The third-order valence-electron chi connectivity index (χ3n) is 2.68. The molecule has 1 aliphatic rings. The third kappa shape index (κ3) is 1.36. The maximum absolute atomic E-state index is 10.9. The molecule has 4 heteroatoms. The van der Waals surface area contributed by atoms with Gasteiger partial charge < -0.3 is 14.8 Å². The fourth-order valence-corrected chi connectivity index (χ4v) is 2.03. The second kappa shape index (κ2) is 3.36. The van der Waals surface area contributed by atoms with Crippen molar-refractivity contribution in [2.24, 2.45) is 0 Å². The van der Waals surface area contributed by atoms with Gasteiger partial charge in [0, 0.05) is 18.3 Å². The standard InChI is InChI=1S/C10H13NO3/c12-8-6-7-4-2-1-3-5-11(7)9(8)10(13)14/h6,12H,1-5H2,(H,13,14). The summed E-state index contributed by atoms with van der Waals surface area (Å²) in [5.74, 6) is -1.15. The zero-order chi connectivity index (χ0) is 10.1. The summed E-state index contributed by atoms with van der Waals surface area (Å²) >= 11 is 0. The maximum Gasteiger partial charge on any atom is 0.356 e. The molecule has 0 saturated carbocycles. The molecule has 14 heavy (non-hydrogen) atoms. The number of fused-ring (bicyclic) bond motifs is 1. The zero-order valence-corrected chi connectivity index (χ0v) is 7.86. The largest absolute Gasteiger partial charge is 0.505 e. The number of hydrogen-bond donors (Lipinski definition) is 2. The van der Waals surface area contributed by atoms with Crippen LogP contribution in [0.4, 0.5) is 0 Å². The van der Waals surface area contributed by atoms with E-state index < -0.39 is 5.97 Å². The van der Waals surface area contributed by atoms with Gasteiger partial charge >= 0.3 is 5.97 Å². The van der Waals surface area contributed by atoms with Crippen molar-refractivity contribution in [1.82, 2.24) is 4.57 Å². The van der Waals surface area contributed by atoms with Crippen molar-refractivity contribution in [3.05, 3.63) is 17.5 Å². The molecule has 1 aromatic rings. The summed E-state index contributed by atoms with van der Waals surface area (Å²) in [7, 11) is 0. The van der Waals surface area contributed by atoms with E-state index in [-0.39, 0.29) is 11.4 Å². The van der Waals surface area contributed by atoms with Gasteiger partial charge in [-0.15, -0.1) is 0 Å². The molecule has 1 aromatic heterocycles. The highest BCUT2D eigenvalue weighted by atomic mass is 16.4. The van der Waals surface area contributed by atoms with Crippen molar-refractivity contribution in [3.63, 3.8) is 0 Å². The van der Waals surface area contributed by atoms with Gasteiger partial charge in [0.15, 0.2) is 5.69 Å². The third-order valence-corrected chi connectivity index (χ3v) is 2.68.